The molecule has 3 aromatic heterocycles. The summed E-state index contributed by atoms with van der Waals surface area (Å²) in [6.07, 6.45) is -1.12. The number of nitrogens with zero attached hydrogens (tertiary/aromatic N) is 6. The third-order valence-corrected chi connectivity index (χ3v) is 6.33. The number of hydrazine groups is 1. The molecule has 0 spiro atoms. The molecule has 5 rings (SSSR count). The van der Waals surface area contributed by atoms with Crippen molar-refractivity contribution in [1.29, 1.82) is 0 Å². The van der Waals surface area contributed by atoms with E-state index in [1.165, 1.54) is 24.0 Å². The summed E-state index contributed by atoms with van der Waals surface area (Å²) in [6.45, 7) is -0.357. The second kappa shape index (κ2) is 8.68. The highest BCUT2D eigenvalue weighted by molar-refractivity contribution is 6.10. The average Bonchev–Trinajstić information content (AvgIpc) is 3.62. The van der Waals surface area contributed by atoms with Gasteiger partial charge in [0.1, 0.15) is 11.6 Å². The van der Waals surface area contributed by atoms with E-state index in [0.29, 0.717) is 35.3 Å². The Hall–Kier alpha value is -4.29. The lowest BCUT2D eigenvalue weighted by Crippen LogP contribution is -2.48. The van der Waals surface area contributed by atoms with E-state index in [1.54, 1.807) is 7.05 Å². The number of carbonyl (C=O) groups is 2. The highest BCUT2D eigenvalue weighted by Gasteiger charge is 2.37. The van der Waals surface area contributed by atoms with E-state index in [2.05, 4.69) is 15.1 Å². The number of alkyl halides is 3. The number of anilines is 1. The van der Waals surface area contributed by atoms with E-state index in [-0.39, 0.29) is 41.0 Å². The Balaban J connectivity index is 1.57. The average molecular weight is 515 g/mol. The van der Waals surface area contributed by atoms with Gasteiger partial charge in [0.2, 0.25) is 5.91 Å². The second-order valence-corrected chi connectivity index (χ2v) is 8.91. The Bertz CT molecular complexity index is 1550. The zero-order valence-electron chi connectivity index (χ0n) is 19.8. The van der Waals surface area contributed by atoms with Crippen LogP contribution in [0.4, 0.5) is 23.4 Å². The Morgan fingerprint density at radius 3 is 2.51 bits per heavy atom. The minimum Gasteiger partial charge on any atom is -0.383 e. The van der Waals surface area contributed by atoms with Crippen molar-refractivity contribution < 1.29 is 27.2 Å². The number of pyridine rings is 2. The van der Waals surface area contributed by atoms with Crippen molar-refractivity contribution in [2.75, 3.05) is 12.8 Å². The molecule has 0 aliphatic heterocycles. The van der Waals surface area contributed by atoms with Crippen LogP contribution in [0.25, 0.3) is 21.8 Å². The predicted molar refractivity (Wildman–Crippen MR) is 125 cm³/mol. The van der Waals surface area contributed by atoms with E-state index in [1.807, 2.05) is 0 Å². The van der Waals surface area contributed by atoms with E-state index in [0.717, 1.165) is 28.2 Å². The van der Waals surface area contributed by atoms with E-state index >= 15 is 4.39 Å². The lowest BCUT2D eigenvalue weighted by atomic mass is 10.1. The normalized spacial score (nSPS) is 13.8. The number of hydrogen-bond acceptors (Lipinski definition) is 6. The molecule has 1 saturated carbocycles. The molecule has 0 saturated heterocycles. The molecule has 0 unspecified atom stereocenters. The molecule has 2 N–H and O–H groups in total. The summed E-state index contributed by atoms with van der Waals surface area (Å²) in [7, 11) is 3.03. The molecule has 1 fully saturated rings. The molecule has 4 aromatic rings. The van der Waals surface area contributed by atoms with Crippen molar-refractivity contribution in [2.45, 2.75) is 25.6 Å². The summed E-state index contributed by atoms with van der Waals surface area (Å²) in [5.41, 5.74) is 5.50. The van der Waals surface area contributed by atoms with Crippen LogP contribution in [0.3, 0.4) is 0 Å². The monoisotopic (exact) mass is 515 g/mol. The number of carbonyl (C=O) groups excluding carboxylic acids is 2. The van der Waals surface area contributed by atoms with Crippen LogP contribution in [0.5, 0.6) is 0 Å². The van der Waals surface area contributed by atoms with Gasteiger partial charge < -0.3 is 5.73 Å². The molecule has 3 heterocycles. The minimum absolute atomic E-state index is 0.0847. The molecule has 1 aromatic carbocycles. The fourth-order valence-corrected chi connectivity index (χ4v) is 4.15. The predicted octanol–water partition coefficient (Wildman–Crippen LogP) is 3.68. The number of hydrogen-bond donors (Lipinski definition) is 1. The molecule has 0 bridgehead atoms. The number of nitrogen functional groups attached to an aromatic ring is 1. The third kappa shape index (κ3) is 4.41. The summed E-state index contributed by atoms with van der Waals surface area (Å²) in [5, 5.41) is 7.15. The third-order valence-electron chi connectivity index (χ3n) is 6.33. The number of aryl methyl sites for hydroxylation is 1. The fourth-order valence-electron chi connectivity index (χ4n) is 4.15. The Kier molecular flexibility index (Phi) is 5.72. The van der Waals surface area contributed by atoms with Crippen LogP contribution < -0.4 is 5.73 Å². The zero-order valence-corrected chi connectivity index (χ0v) is 19.8. The number of benzene rings is 1. The molecule has 1 aliphatic carbocycles. The number of halogens is 4. The second-order valence-electron chi connectivity index (χ2n) is 8.91. The highest BCUT2D eigenvalue weighted by atomic mass is 19.4. The van der Waals surface area contributed by atoms with Crippen molar-refractivity contribution in [3.05, 3.63) is 59.3 Å². The van der Waals surface area contributed by atoms with Crippen LogP contribution in [-0.2, 0) is 24.6 Å². The lowest BCUT2D eigenvalue weighted by Gasteiger charge is -2.32. The van der Waals surface area contributed by atoms with Crippen LogP contribution in [0.1, 0.15) is 34.5 Å². The van der Waals surface area contributed by atoms with Crippen LogP contribution in [0.15, 0.2) is 36.7 Å². The molecule has 2 amide bonds. The molecule has 1 aliphatic rings. The van der Waals surface area contributed by atoms with Crippen LogP contribution in [0.2, 0.25) is 0 Å². The smallest absolute Gasteiger partial charge is 0.383 e. The first-order valence-electron chi connectivity index (χ1n) is 11.3. The zero-order chi connectivity index (χ0) is 26.6. The van der Waals surface area contributed by atoms with Crippen LogP contribution >= 0.6 is 0 Å². The topological polar surface area (TPSA) is 110 Å². The molecule has 0 radical (unpaired) electrons. The summed E-state index contributed by atoms with van der Waals surface area (Å²) >= 11 is 0. The van der Waals surface area contributed by atoms with Crippen molar-refractivity contribution in [1.82, 2.24) is 29.8 Å². The highest BCUT2D eigenvalue weighted by Crippen LogP contribution is 2.33. The van der Waals surface area contributed by atoms with Crippen molar-refractivity contribution in [3.63, 3.8) is 0 Å². The molecule has 192 valence electrons. The summed E-state index contributed by atoms with van der Waals surface area (Å²) < 4.78 is 55.6. The van der Waals surface area contributed by atoms with Gasteiger partial charge in [-0.1, -0.05) is 0 Å². The maximum absolute atomic E-state index is 15.3. The fraction of sp³-hybridized carbons (Fsp3) is 0.292. The Labute approximate surface area is 207 Å². The Morgan fingerprint density at radius 1 is 1.16 bits per heavy atom. The quantitative estimate of drug-likeness (QED) is 0.328. The van der Waals surface area contributed by atoms with Gasteiger partial charge >= 0.3 is 6.18 Å². The summed E-state index contributed by atoms with van der Waals surface area (Å²) in [4.78, 5) is 34.5. The Morgan fingerprint density at radius 2 is 1.89 bits per heavy atom. The first-order chi connectivity index (χ1) is 17.5. The summed E-state index contributed by atoms with van der Waals surface area (Å²) in [6, 6.07) is 4.33. The van der Waals surface area contributed by atoms with E-state index < -0.39 is 23.5 Å². The molecular formula is C24H21F4N7O2. The first-order valence-corrected chi connectivity index (χ1v) is 11.3. The molecule has 37 heavy (non-hydrogen) atoms. The van der Waals surface area contributed by atoms with Crippen LogP contribution in [0, 0.1) is 11.7 Å². The van der Waals surface area contributed by atoms with Crippen LogP contribution in [-0.4, -0.2) is 48.6 Å². The van der Waals surface area contributed by atoms with Gasteiger partial charge in [0.15, 0.2) is 0 Å². The summed E-state index contributed by atoms with van der Waals surface area (Å²) in [5.74, 6) is -2.25. The number of rotatable bonds is 4. The largest absolute Gasteiger partial charge is 0.417 e. The van der Waals surface area contributed by atoms with Gasteiger partial charge in [-0.25, -0.2) is 14.4 Å². The number of aromatic nitrogens is 4. The van der Waals surface area contributed by atoms with Gasteiger partial charge in [-0.15, -0.1) is 0 Å². The van der Waals surface area contributed by atoms with E-state index in [9.17, 15) is 22.8 Å². The van der Waals surface area contributed by atoms with E-state index in [4.69, 9.17) is 5.73 Å². The maximum Gasteiger partial charge on any atom is 0.417 e. The van der Waals surface area contributed by atoms with Gasteiger partial charge in [-0.2, -0.15) is 18.3 Å². The van der Waals surface area contributed by atoms with Gasteiger partial charge in [-0.05, 0) is 31.0 Å². The standard InChI is InChI=1S/C24H21F4N7O2/c1-33-20-16-7-15(18(25)8-19(16)32-21(29)17(20)10-31-33)23(37)35(34(2)22(36)12-3-4-12)11-14-6-5-13(9-30-14)24(26,27)28/h5-10,12H,3-4,11H2,1-2H3,(H2,29,32). The lowest BCUT2D eigenvalue weighted by molar-refractivity contribution is -0.144. The van der Waals surface area contributed by atoms with Crippen molar-refractivity contribution in [2.24, 2.45) is 13.0 Å². The maximum atomic E-state index is 15.3. The number of fused-ring (bicyclic) bond motifs is 3. The molecule has 9 nitrogen and oxygen atoms in total. The number of amides is 2. The molecular weight excluding hydrogens is 494 g/mol. The van der Waals surface area contributed by atoms with Crippen molar-refractivity contribution >= 4 is 39.4 Å². The van der Waals surface area contributed by atoms with Gasteiger partial charge in [-0.3, -0.25) is 24.3 Å². The number of nitrogens with two attached hydrogens (primary N) is 1. The SMILES string of the molecule is CN(C(=O)C1CC1)N(Cc1ccc(C(F)(F)F)cn1)C(=O)c1cc2c(cc1F)nc(N)c1cnn(C)c12. The molecule has 0 atom stereocenters. The van der Waals surface area contributed by atoms with Gasteiger partial charge in [0, 0.05) is 37.7 Å². The van der Waals surface area contributed by atoms with Crippen molar-refractivity contribution in [3.8, 4) is 0 Å². The van der Waals surface area contributed by atoms with Gasteiger partial charge in [0.25, 0.3) is 5.91 Å². The first kappa shape index (κ1) is 24.4. The molecule has 13 heteroatoms. The minimum atomic E-state index is -4.58. The van der Waals surface area contributed by atoms with Gasteiger partial charge in [0.05, 0.1) is 46.0 Å².